The lowest BCUT2D eigenvalue weighted by Crippen LogP contribution is -3.07. The Bertz CT molecular complexity index is 833. The molecule has 1 radical (unpaired) electrons. The highest BCUT2D eigenvalue weighted by Gasteiger charge is 2.25. The molecule has 0 saturated carbocycles. The second kappa shape index (κ2) is 5.85. The molecule has 25 heavy (non-hydrogen) atoms. The first-order valence-corrected chi connectivity index (χ1v) is 8.75. The number of hydrogen-bond donors (Lipinski definition) is 1. The number of ether oxygens (including phenoxy) is 4. The number of quaternary nitrogens is 1. The van der Waals surface area contributed by atoms with Crippen LogP contribution in [-0.4, -0.2) is 27.2 Å². The van der Waals surface area contributed by atoms with Gasteiger partial charge in [-0.25, -0.2) is 0 Å². The lowest BCUT2D eigenvalue weighted by Gasteiger charge is -2.21. The maximum atomic E-state index is 5.76. The molecule has 0 aliphatic carbocycles. The summed E-state index contributed by atoms with van der Waals surface area (Å²) in [6.45, 7) is 2.62. The van der Waals surface area contributed by atoms with Crippen molar-refractivity contribution in [1.29, 1.82) is 0 Å². The predicted molar refractivity (Wildman–Crippen MR) is 91.4 cm³/mol. The van der Waals surface area contributed by atoms with E-state index in [1.165, 1.54) is 27.2 Å². The van der Waals surface area contributed by atoms with Crippen molar-refractivity contribution in [1.82, 2.24) is 0 Å². The number of hydrogen-bond acceptors (Lipinski definition) is 4. The zero-order chi connectivity index (χ0) is 16.8. The maximum Gasteiger partial charge on any atom is 0.231 e. The molecule has 5 rings (SSSR count). The molecule has 5 nitrogen and oxygen atoms in total. The molecule has 2 aromatic rings. The van der Waals surface area contributed by atoms with Gasteiger partial charge in [0.05, 0.1) is 19.2 Å². The third kappa shape index (κ3) is 2.59. The minimum atomic E-state index is 0.315. The van der Waals surface area contributed by atoms with Gasteiger partial charge in [-0.15, -0.1) is 0 Å². The third-order valence-electron chi connectivity index (χ3n) is 5.22. The van der Waals surface area contributed by atoms with Gasteiger partial charge in [0.2, 0.25) is 13.6 Å². The molecule has 0 aromatic heterocycles. The molecule has 1 N–H and O–H groups in total. The van der Waals surface area contributed by atoms with Crippen LogP contribution in [0.3, 0.4) is 0 Å². The van der Waals surface area contributed by atoms with Crippen molar-refractivity contribution in [3.63, 3.8) is 0 Å². The first-order valence-electron chi connectivity index (χ1n) is 8.75. The molecular formula is C20H21NO4+. The summed E-state index contributed by atoms with van der Waals surface area (Å²) in [6, 6.07) is 8.45. The minimum absolute atomic E-state index is 0.315. The highest BCUT2D eigenvalue weighted by Crippen LogP contribution is 2.39. The molecule has 1 unspecified atom stereocenters. The Morgan fingerprint density at radius 1 is 0.880 bits per heavy atom. The Kier molecular flexibility index (Phi) is 3.48. The van der Waals surface area contributed by atoms with Gasteiger partial charge < -0.3 is 23.8 Å². The van der Waals surface area contributed by atoms with E-state index in [1.807, 2.05) is 6.07 Å². The van der Waals surface area contributed by atoms with Crippen LogP contribution in [0.15, 0.2) is 24.3 Å². The number of likely N-dealkylation sites (N-methyl/N-ethyl adjacent to an activating group) is 1. The van der Waals surface area contributed by atoms with Gasteiger partial charge in [0.15, 0.2) is 23.0 Å². The van der Waals surface area contributed by atoms with Gasteiger partial charge in [-0.05, 0) is 47.7 Å². The molecule has 3 aliphatic rings. The topological polar surface area (TPSA) is 41.4 Å². The van der Waals surface area contributed by atoms with Gasteiger partial charge in [0.25, 0.3) is 0 Å². The summed E-state index contributed by atoms with van der Waals surface area (Å²) in [6.07, 6.45) is 4.17. The SMILES string of the molecule is C[NH+]1CCc2cc3c(cc2[CH]Cc2ccc4c(c2C1)OCO4)OCO3. The molecule has 5 heteroatoms. The lowest BCUT2D eigenvalue weighted by molar-refractivity contribution is -0.893. The average molecular weight is 339 g/mol. The van der Waals surface area contributed by atoms with Crippen LogP contribution in [0.1, 0.15) is 22.3 Å². The Balaban J connectivity index is 1.54. The highest BCUT2D eigenvalue weighted by atomic mass is 16.7. The summed E-state index contributed by atoms with van der Waals surface area (Å²) in [5, 5.41) is 0. The van der Waals surface area contributed by atoms with E-state index < -0.39 is 0 Å². The molecular weight excluding hydrogens is 318 g/mol. The zero-order valence-electron chi connectivity index (χ0n) is 14.3. The van der Waals surface area contributed by atoms with Crippen molar-refractivity contribution in [3.05, 3.63) is 52.9 Å². The van der Waals surface area contributed by atoms with Crippen molar-refractivity contribution in [2.75, 3.05) is 27.2 Å². The van der Waals surface area contributed by atoms with Crippen LogP contribution in [0.5, 0.6) is 23.0 Å². The first-order chi connectivity index (χ1) is 12.3. The van der Waals surface area contributed by atoms with Gasteiger partial charge in [-0.2, -0.15) is 0 Å². The van der Waals surface area contributed by atoms with Crippen molar-refractivity contribution < 1.29 is 23.8 Å². The molecule has 0 fully saturated rings. The van der Waals surface area contributed by atoms with Gasteiger partial charge in [-0.1, -0.05) is 6.07 Å². The predicted octanol–water partition coefficient (Wildman–Crippen LogP) is 1.51. The summed E-state index contributed by atoms with van der Waals surface area (Å²) in [5.74, 6) is 3.51. The van der Waals surface area contributed by atoms with E-state index in [9.17, 15) is 0 Å². The summed E-state index contributed by atoms with van der Waals surface area (Å²) < 4.78 is 22.4. The third-order valence-corrected chi connectivity index (χ3v) is 5.22. The molecule has 3 heterocycles. The van der Waals surface area contributed by atoms with E-state index in [2.05, 4.69) is 31.7 Å². The number of rotatable bonds is 0. The van der Waals surface area contributed by atoms with E-state index >= 15 is 0 Å². The fourth-order valence-electron chi connectivity index (χ4n) is 3.82. The molecule has 0 spiro atoms. The van der Waals surface area contributed by atoms with Crippen LogP contribution in [-0.2, 0) is 19.4 Å². The van der Waals surface area contributed by atoms with Crippen LogP contribution in [0.4, 0.5) is 0 Å². The summed E-state index contributed by atoms with van der Waals surface area (Å²) in [4.78, 5) is 1.45. The van der Waals surface area contributed by atoms with Gasteiger partial charge in [0.1, 0.15) is 6.54 Å². The van der Waals surface area contributed by atoms with Crippen molar-refractivity contribution in [2.24, 2.45) is 0 Å². The second-order valence-corrected chi connectivity index (χ2v) is 6.88. The van der Waals surface area contributed by atoms with Crippen molar-refractivity contribution in [3.8, 4) is 23.0 Å². The highest BCUT2D eigenvalue weighted by molar-refractivity contribution is 5.54. The average Bonchev–Trinajstić information content (AvgIpc) is 3.27. The van der Waals surface area contributed by atoms with Crippen LogP contribution >= 0.6 is 0 Å². The standard InChI is InChI=1S/C20H20NO4/c1-21-7-6-15-9-19-18(23-11-24-19)8-14(15)3-2-13-4-5-17-20(16(13)10-21)25-12-22-17/h3-5,8-9H,2,6-7,10-12H2,1H3/p+1. The monoisotopic (exact) mass is 339 g/mol. The molecule has 1 atom stereocenters. The normalized spacial score (nSPS) is 20.8. The molecule has 2 aromatic carbocycles. The molecule has 0 saturated heterocycles. The number of fused-ring (bicyclic) bond motifs is 5. The van der Waals surface area contributed by atoms with E-state index in [0.29, 0.717) is 13.6 Å². The Hall–Kier alpha value is -2.40. The van der Waals surface area contributed by atoms with Gasteiger partial charge >= 0.3 is 0 Å². The van der Waals surface area contributed by atoms with Crippen LogP contribution < -0.4 is 23.8 Å². The van der Waals surface area contributed by atoms with E-state index in [1.54, 1.807) is 0 Å². The van der Waals surface area contributed by atoms with Gasteiger partial charge in [-0.3, -0.25) is 0 Å². The molecule has 3 aliphatic heterocycles. The number of benzene rings is 2. The Labute approximate surface area is 147 Å². The summed E-state index contributed by atoms with van der Waals surface area (Å²) in [5.41, 5.74) is 5.14. The summed E-state index contributed by atoms with van der Waals surface area (Å²) >= 11 is 0. The minimum Gasteiger partial charge on any atom is -0.454 e. The summed E-state index contributed by atoms with van der Waals surface area (Å²) in [7, 11) is 2.23. The van der Waals surface area contributed by atoms with Crippen LogP contribution in [0, 0.1) is 6.42 Å². The smallest absolute Gasteiger partial charge is 0.231 e. The fraction of sp³-hybridized carbons (Fsp3) is 0.350. The fourth-order valence-corrected chi connectivity index (χ4v) is 3.82. The molecule has 129 valence electrons. The lowest BCUT2D eigenvalue weighted by atomic mass is 9.93. The largest absolute Gasteiger partial charge is 0.454 e. The van der Waals surface area contributed by atoms with Crippen molar-refractivity contribution in [2.45, 2.75) is 19.4 Å². The molecule has 0 amide bonds. The van der Waals surface area contributed by atoms with Crippen LogP contribution in [0.2, 0.25) is 0 Å². The van der Waals surface area contributed by atoms with Gasteiger partial charge in [0, 0.05) is 6.42 Å². The zero-order valence-corrected chi connectivity index (χ0v) is 14.3. The second-order valence-electron chi connectivity index (χ2n) is 6.88. The Morgan fingerprint density at radius 2 is 1.68 bits per heavy atom. The van der Waals surface area contributed by atoms with Crippen LogP contribution in [0.25, 0.3) is 0 Å². The Morgan fingerprint density at radius 3 is 2.60 bits per heavy atom. The van der Waals surface area contributed by atoms with E-state index in [4.69, 9.17) is 18.9 Å². The molecule has 0 bridgehead atoms. The number of nitrogens with one attached hydrogen (secondary N) is 1. The van der Waals surface area contributed by atoms with Crippen molar-refractivity contribution >= 4 is 0 Å². The maximum absolute atomic E-state index is 5.76. The van der Waals surface area contributed by atoms with E-state index in [-0.39, 0.29) is 0 Å². The quantitative estimate of drug-likeness (QED) is 0.790. The first kappa shape index (κ1) is 14.9. The van der Waals surface area contributed by atoms with E-state index in [0.717, 1.165) is 48.9 Å².